The Hall–Kier alpha value is -2.03. The van der Waals surface area contributed by atoms with E-state index in [9.17, 15) is 40.1 Å². The average Bonchev–Trinajstić information content (AvgIpc) is 3.09. The molecule has 17 heteroatoms. The van der Waals surface area contributed by atoms with Crippen LogP contribution in [-0.2, 0) is 24.9 Å². The molecule has 0 amide bonds. The maximum absolute atomic E-state index is 14.2. The normalized spacial score (nSPS) is 16.7. The Kier molecular flexibility index (Phi) is 9.01. The van der Waals surface area contributed by atoms with E-state index in [0.29, 0.717) is 12.3 Å². The van der Waals surface area contributed by atoms with E-state index in [-0.39, 0.29) is 0 Å². The molecular weight excluding hydrogens is 492 g/mol. The van der Waals surface area contributed by atoms with Gasteiger partial charge in [0.05, 0.1) is 13.2 Å². The summed E-state index contributed by atoms with van der Waals surface area (Å²) >= 11 is 0. The lowest BCUT2D eigenvalue weighted by Crippen LogP contribution is -2.26. The Morgan fingerprint density at radius 3 is 2.27 bits per heavy atom. The van der Waals surface area contributed by atoms with Crippen LogP contribution in [0.3, 0.4) is 0 Å². The highest BCUT2D eigenvalue weighted by Crippen LogP contribution is 2.50. The number of likely N-dealkylation sites (tertiary alicyclic amines) is 1. The van der Waals surface area contributed by atoms with Crippen molar-refractivity contribution in [1.82, 2.24) is 14.5 Å². The maximum Gasteiger partial charge on any atom is 0.412 e. The molecular formula is C16H20F7N4O5P. The molecule has 0 saturated carbocycles. The molecule has 0 atom stereocenters. The molecule has 2 rings (SSSR count). The number of amidine groups is 1. The topological polar surface area (TPSA) is 95.2 Å². The molecule has 0 spiro atoms. The van der Waals surface area contributed by atoms with E-state index in [0.717, 1.165) is 23.7 Å². The summed E-state index contributed by atoms with van der Waals surface area (Å²) in [6.45, 7) is -4.49. The standard InChI is InChI=1S/C16H20F7N4O5P/c1-26-4-2-3-12(26)24-13-11(17)7-27(14(28)25-13)5-6-30-10-33(29,31-8-15(18,19)20)32-9-16(21,22)23/h7H,2-6,8-10H2,1H3. The predicted octanol–water partition coefficient (Wildman–Crippen LogP) is 3.46. The summed E-state index contributed by atoms with van der Waals surface area (Å²) in [7, 11) is -3.20. The zero-order valence-electron chi connectivity index (χ0n) is 17.2. The Labute approximate surface area is 182 Å². The van der Waals surface area contributed by atoms with Crippen LogP contribution < -0.4 is 5.69 Å². The molecule has 0 aliphatic carbocycles. The molecule has 0 unspecified atom stereocenters. The van der Waals surface area contributed by atoms with Crippen molar-refractivity contribution in [3.63, 3.8) is 0 Å². The fourth-order valence-corrected chi connectivity index (χ4v) is 3.81. The summed E-state index contributed by atoms with van der Waals surface area (Å²) < 4.78 is 114. The Bertz CT molecular complexity index is 929. The van der Waals surface area contributed by atoms with E-state index in [4.69, 9.17) is 4.74 Å². The van der Waals surface area contributed by atoms with Crippen molar-refractivity contribution in [1.29, 1.82) is 0 Å². The van der Waals surface area contributed by atoms with Crippen molar-refractivity contribution < 1.29 is 49.1 Å². The summed E-state index contributed by atoms with van der Waals surface area (Å²) in [5.41, 5.74) is -0.926. The molecule has 2 heterocycles. The van der Waals surface area contributed by atoms with E-state index in [1.54, 1.807) is 11.9 Å². The number of nitrogens with zero attached hydrogens (tertiary/aromatic N) is 4. The van der Waals surface area contributed by atoms with Gasteiger partial charge < -0.3 is 9.64 Å². The molecule has 1 fully saturated rings. The van der Waals surface area contributed by atoms with Crippen molar-refractivity contribution in [2.24, 2.45) is 4.99 Å². The van der Waals surface area contributed by atoms with Crippen LogP contribution in [0.2, 0.25) is 0 Å². The summed E-state index contributed by atoms with van der Waals surface area (Å²) in [5, 5.41) is 0. The van der Waals surface area contributed by atoms with Gasteiger partial charge in [-0.3, -0.25) is 18.2 Å². The number of aliphatic imine (C=N–C) groups is 1. The van der Waals surface area contributed by atoms with Gasteiger partial charge in [-0.2, -0.15) is 31.3 Å². The third-order valence-electron chi connectivity index (χ3n) is 4.08. The smallest absolute Gasteiger partial charge is 0.367 e. The van der Waals surface area contributed by atoms with Crippen LogP contribution in [0.15, 0.2) is 16.0 Å². The average molecular weight is 512 g/mol. The molecule has 33 heavy (non-hydrogen) atoms. The minimum absolute atomic E-state index is 0.405. The van der Waals surface area contributed by atoms with Gasteiger partial charge in [-0.05, 0) is 6.42 Å². The molecule has 188 valence electrons. The molecule has 1 aromatic rings. The molecule has 9 nitrogen and oxygen atoms in total. The molecule has 0 N–H and O–H groups in total. The van der Waals surface area contributed by atoms with Crippen LogP contribution in [0.4, 0.5) is 36.6 Å². The second kappa shape index (κ2) is 10.9. The Morgan fingerprint density at radius 2 is 1.76 bits per heavy atom. The van der Waals surface area contributed by atoms with Gasteiger partial charge >= 0.3 is 25.6 Å². The number of rotatable bonds is 10. The summed E-state index contributed by atoms with van der Waals surface area (Å²) in [6.07, 6.45) is -9.05. The third-order valence-corrected chi connectivity index (χ3v) is 5.62. The summed E-state index contributed by atoms with van der Waals surface area (Å²) in [6, 6.07) is 0. The molecule has 0 aromatic carbocycles. The number of halogens is 7. The monoisotopic (exact) mass is 512 g/mol. The van der Waals surface area contributed by atoms with Crippen LogP contribution in [0.5, 0.6) is 0 Å². The zero-order valence-corrected chi connectivity index (χ0v) is 18.1. The molecule has 1 saturated heterocycles. The van der Waals surface area contributed by atoms with Gasteiger partial charge in [-0.15, -0.1) is 0 Å². The molecule has 1 aromatic heterocycles. The third kappa shape index (κ3) is 9.39. The molecule has 0 radical (unpaired) electrons. The van der Waals surface area contributed by atoms with Gasteiger partial charge in [0.15, 0.2) is 24.8 Å². The van der Waals surface area contributed by atoms with Gasteiger partial charge in [0, 0.05) is 26.2 Å². The minimum atomic E-state index is -4.98. The Morgan fingerprint density at radius 1 is 1.15 bits per heavy atom. The first kappa shape index (κ1) is 27.2. The van der Waals surface area contributed by atoms with E-state index in [1.807, 2.05) is 0 Å². The van der Waals surface area contributed by atoms with Crippen molar-refractivity contribution in [3.05, 3.63) is 22.5 Å². The second-order valence-electron chi connectivity index (χ2n) is 6.87. The number of alkyl halides is 6. The van der Waals surface area contributed by atoms with Gasteiger partial charge in [-0.1, -0.05) is 0 Å². The first-order valence-corrected chi connectivity index (χ1v) is 11.1. The molecule has 1 aliphatic heterocycles. The van der Waals surface area contributed by atoms with Crippen LogP contribution in [-0.4, -0.2) is 72.4 Å². The van der Waals surface area contributed by atoms with E-state index in [1.165, 1.54) is 0 Å². The summed E-state index contributed by atoms with van der Waals surface area (Å²) in [4.78, 5) is 21.4. The highest BCUT2D eigenvalue weighted by molar-refractivity contribution is 7.53. The van der Waals surface area contributed by atoms with Crippen molar-refractivity contribution >= 4 is 19.2 Å². The van der Waals surface area contributed by atoms with Crippen molar-refractivity contribution in [3.8, 4) is 0 Å². The number of aromatic nitrogens is 2. The zero-order chi connectivity index (χ0) is 24.9. The highest BCUT2D eigenvalue weighted by Gasteiger charge is 2.38. The van der Waals surface area contributed by atoms with E-state index < -0.39 is 70.0 Å². The van der Waals surface area contributed by atoms with E-state index >= 15 is 0 Å². The lowest BCUT2D eigenvalue weighted by molar-refractivity contribution is -0.166. The predicted molar refractivity (Wildman–Crippen MR) is 99.9 cm³/mol. The van der Waals surface area contributed by atoms with Gasteiger partial charge in [0.2, 0.25) is 0 Å². The lowest BCUT2D eigenvalue weighted by Gasteiger charge is -2.20. The summed E-state index contributed by atoms with van der Waals surface area (Å²) in [5.74, 6) is -0.808. The van der Waals surface area contributed by atoms with Crippen LogP contribution in [0, 0.1) is 5.82 Å². The maximum atomic E-state index is 14.2. The quantitative estimate of drug-likeness (QED) is 0.269. The Balaban J connectivity index is 1.98. The second-order valence-corrected chi connectivity index (χ2v) is 8.86. The van der Waals surface area contributed by atoms with Crippen LogP contribution in [0.1, 0.15) is 12.8 Å². The van der Waals surface area contributed by atoms with Gasteiger partial charge in [0.1, 0.15) is 12.2 Å². The highest BCUT2D eigenvalue weighted by atomic mass is 31.2. The van der Waals surface area contributed by atoms with Crippen LogP contribution >= 0.6 is 7.60 Å². The fraction of sp³-hybridized carbons (Fsp3) is 0.688. The number of ether oxygens (including phenoxy) is 1. The first-order valence-electron chi connectivity index (χ1n) is 9.32. The van der Waals surface area contributed by atoms with Crippen LogP contribution in [0.25, 0.3) is 0 Å². The van der Waals surface area contributed by atoms with Gasteiger partial charge in [0.25, 0.3) is 0 Å². The SMILES string of the molecule is CN1CCCC1=Nc1nc(=O)n(CCOCP(=O)(OCC(F)(F)F)OCC(F)(F)F)cc1F. The number of hydrogen-bond donors (Lipinski definition) is 0. The van der Waals surface area contributed by atoms with Crippen molar-refractivity contribution in [2.45, 2.75) is 31.7 Å². The van der Waals surface area contributed by atoms with Gasteiger partial charge in [-0.25, -0.2) is 14.2 Å². The largest absolute Gasteiger partial charge is 0.412 e. The first-order chi connectivity index (χ1) is 15.2. The minimum Gasteiger partial charge on any atom is -0.367 e. The van der Waals surface area contributed by atoms with E-state index in [2.05, 4.69) is 19.0 Å². The lowest BCUT2D eigenvalue weighted by atomic mass is 10.4. The number of hydrogen-bond acceptors (Lipinski definition) is 7. The molecule has 0 bridgehead atoms. The fourth-order valence-electron chi connectivity index (χ4n) is 2.55. The molecule has 1 aliphatic rings. The van der Waals surface area contributed by atoms with Crippen molar-refractivity contribution in [2.75, 3.05) is 39.8 Å².